The van der Waals surface area contributed by atoms with Gasteiger partial charge in [0, 0.05) is 5.02 Å². The lowest BCUT2D eigenvalue weighted by Crippen LogP contribution is -2.12. The number of anilines is 1. The number of hydrogen-bond acceptors (Lipinski definition) is 6. The average molecular weight is 374 g/mol. The molecule has 0 bridgehead atoms. The highest BCUT2D eigenvalue weighted by Gasteiger charge is 2.33. The lowest BCUT2D eigenvalue weighted by atomic mass is 9.96. The van der Waals surface area contributed by atoms with Crippen molar-refractivity contribution in [3.63, 3.8) is 0 Å². The highest BCUT2D eigenvalue weighted by molar-refractivity contribution is 6.31. The molecular weight excluding hydrogens is 362 g/mol. The molecule has 2 N–H and O–H groups in total. The monoisotopic (exact) mass is 373 g/mol. The average Bonchev–Trinajstić information content (AvgIpc) is 2.61. The van der Waals surface area contributed by atoms with Crippen LogP contribution in [0.1, 0.15) is 5.56 Å². The Balaban J connectivity index is 3.04. The summed E-state index contributed by atoms with van der Waals surface area (Å²) in [6.45, 7) is 3.32. The van der Waals surface area contributed by atoms with E-state index in [-0.39, 0.29) is 27.4 Å². The van der Waals surface area contributed by atoms with E-state index in [1.807, 2.05) is 0 Å². The van der Waals surface area contributed by atoms with Crippen LogP contribution in [-0.2, 0) is 4.79 Å². The number of halogens is 1. The Morgan fingerprint density at radius 2 is 2.23 bits per heavy atom. The quantitative estimate of drug-likeness (QED) is 0.357. The van der Waals surface area contributed by atoms with Gasteiger partial charge in [-0.05, 0) is 23.8 Å². The zero-order valence-electron chi connectivity index (χ0n) is 13.4. The van der Waals surface area contributed by atoms with E-state index in [0.29, 0.717) is 0 Å². The van der Waals surface area contributed by atoms with Gasteiger partial charge < -0.3 is 15.2 Å². The fourth-order valence-electron chi connectivity index (χ4n) is 2.41. The maximum absolute atomic E-state index is 11.8. The number of nitro groups is 1. The molecule has 0 atom stereocenters. The minimum absolute atomic E-state index is 0.178. The molecule has 0 unspecified atom stereocenters. The first kappa shape index (κ1) is 18.8. The van der Waals surface area contributed by atoms with Gasteiger partial charge in [0.25, 0.3) is 0 Å². The van der Waals surface area contributed by atoms with Crippen molar-refractivity contribution < 1.29 is 19.6 Å². The number of nitrogens with zero attached hydrogens (tertiary/aromatic N) is 2. The van der Waals surface area contributed by atoms with Crippen molar-refractivity contribution >= 4 is 28.9 Å². The van der Waals surface area contributed by atoms with Crippen molar-refractivity contribution in [3.8, 4) is 28.7 Å². The van der Waals surface area contributed by atoms with E-state index in [2.05, 4.69) is 11.9 Å². The number of nitrogens with one attached hydrogen (secondary N) is 1. The summed E-state index contributed by atoms with van der Waals surface area (Å²) in [6.07, 6.45) is 0.939. The predicted octanol–water partition coefficient (Wildman–Crippen LogP) is 3.63. The van der Waals surface area contributed by atoms with Crippen molar-refractivity contribution in [2.24, 2.45) is 0 Å². The zero-order valence-corrected chi connectivity index (χ0v) is 14.2. The van der Waals surface area contributed by atoms with E-state index < -0.39 is 28.0 Å². The molecule has 0 aromatic heterocycles. The fraction of sp³-hybridized carbons (Fsp3) is 0.0588. The van der Waals surface area contributed by atoms with Crippen LogP contribution in [0.2, 0.25) is 5.02 Å². The second-order valence-corrected chi connectivity index (χ2v) is 5.36. The van der Waals surface area contributed by atoms with Crippen molar-refractivity contribution in [1.82, 2.24) is 0 Å². The van der Waals surface area contributed by atoms with Crippen LogP contribution in [-0.4, -0.2) is 23.0 Å². The fourth-order valence-corrected chi connectivity index (χ4v) is 2.60. The Bertz CT molecular complexity index is 966. The molecule has 8 nitrogen and oxygen atoms in total. The van der Waals surface area contributed by atoms with E-state index >= 15 is 0 Å². The molecule has 0 aliphatic rings. The second-order valence-electron chi connectivity index (χ2n) is 4.93. The van der Waals surface area contributed by atoms with Gasteiger partial charge >= 0.3 is 5.69 Å². The molecule has 132 valence electrons. The molecule has 0 saturated heterocycles. The van der Waals surface area contributed by atoms with Crippen LogP contribution in [0.4, 0.5) is 11.4 Å². The molecule has 0 spiro atoms. The normalized spacial score (nSPS) is 9.88. The second kappa shape index (κ2) is 7.55. The van der Waals surface area contributed by atoms with Gasteiger partial charge in [0.2, 0.25) is 11.7 Å². The highest BCUT2D eigenvalue weighted by Crippen LogP contribution is 2.51. The van der Waals surface area contributed by atoms with E-state index in [1.54, 1.807) is 12.1 Å². The van der Waals surface area contributed by atoms with E-state index in [1.165, 1.54) is 18.2 Å². The lowest BCUT2D eigenvalue weighted by molar-refractivity contribution is -0.385. The number of rotatable bonds is 5. The van der Waals surface area contributed by atoms with Gasteiger partial charge in [-0.2, -0.15) is 5.26 Å². The van der Waals surface area contributed by atoms with Crippen LogP contribution in [0.5, 0.6) is 11.5 Å². The summed E-state index contributed by atoms with van der Waals surface area (Å²) in [5.74, 6) is -1.96. The lowest BCUT2D eigenvalue weighted by Gasteiger charge is -2.17. The molecule has 2 aromatic carbocycles. The summed E-state index contributed by atoms with van der Waals surface area (Å²) in [4.78, 5) is 22.6. The first-order valence-electron chi connectivity index (χ1n) is 7.06. The Morgan fingerprint density at radius 3 is 2.73 bits per heavy atom. The number of hydrogen-bond donors (Lipinski definition) is 2. The molecule has 9 heteroatoms. The van der Waals surface area contributed by atoms with Crippen LogP contribution in [0.3, 0.4) is 0 Å². The standard InChI is InChI=1S/C17H12ClN3O5/c1-3-12(22)20-14-11(8-19)17(26-2)16(23)15(21(24)25)13(14)9-5-4-6-10(18)7-9/h3-7,23H,1H2,2H3,(H,20,22). The van der Waals surface area contributed by atoms with E-state index in [0.717, 1.165) is 13.2 Å². The van der Waals surface area contributed by atoms with Gasteiger partial charge in [-0.3, -0.25) is 14.9 Å². The largest absolute Gasteiger partial charge is 0.499 e. The Kier molecular flexibility index (Phi) is 5.45. The highest BCUT2D eigenvalue weighted by atomic mass is 35.5. The van der Waals surface area contributed by atoms with Gasteiger partial charge in [-0.1, -0.05) is 30.3 Å². The van der Waals surface area contributed by atoms with Crippen LogP contribution in [0.25, 0.3) is 11.1 Å². The summed E-state index contributed by atoms with van der Waals surface area (Å²) in [6, 6.07) is 7.77. The summed E-state index contributed by atoms with van der Waals surface area (Å²) in [7, 11) is 1.14. The van der Waals surface area contributed by atoms with Crippen LogP contribution < -0.4 is 10.1 Å². The molecule has 2 aromatic rings. The summed E-state index contributed by atoms with van der Waals surface area (Å²) in [5.41, 5.74) is -1.16. The maximum atomic E-state index is 11.8. The topological polar surface area (TPSA) is 125 Å². The number of carbonyl (C=O) groups excluding carboxylic acids is 1. The Morgan fingerprint density at radius 1 is 1.54 bits per heavy atom. The van der Waals surface area contributed by atoms with Crippen molar-refractivity contribution in [1.29, 1.82) is 5.26 Å². The molecule has 0 aliphatic carbocycles. The number of methoxy groups -OCH3 is 1. The van der Waals surface area contributed by atoms with Crippen LogP contribution >= 0.6 is 11.6 Å². The van der Waals surface area contributed by atoms with Crippen molar-refractivity contribution in [2.75, 3.05) is 12.4 Å². The molecule has 0 aliphatic heterocycles. The predicted molar refractivity (Wildman–Crippen MR) is 95.3 cm³/mol. The number of amides is 1. The van der Waals surface area contributed by atoms with Gasteiger partial charge in [-0.15, -0.1) is 0 Å². The molecule has 0 radical (unpaired) electrons. The third-order valence-corrected chi connectivity index (χ3v) is 3.68. The molecule has 0 heterocycles. The van der Waals surface area contributed by atoms with Gasteiger partial charge in [0.1, 0.15) is 11.6 Å². The maximum Gasteiger partial charge on any atom is 0.324 e. The minimum atomic E-state index is -0.835. The molecule has 26 heavy (non-hydrogen) atoms. The Hall–Kier alpha value is -3.57. The van der Waals surface area contributed by atoms with Gasteiger partial charge in [-0.25, -0.2) is 0 Å². The van der Waals surface area contributed by atoms with Crippen LogP contribution in [0, 0.1) is 21.4 Å². The molecule has 0 saturated carbocycles. The Labute approximate surface area is 153 Å². The van der Waals surface area contributed by atoms with Gasteiger partial charge in [0.05, 0.1) is 23.3 Å². The minimum Gasteiger partial charge on any atom is -0.499 e. The van der Waals surface area contributed by atoms with E-state index in [4.69, 9.17) is 16.3 Å². The SMILES string of the molecule is C=CC(=O)Nc1c(C#N)c(OC)c(O)c([N+](=O)[O-])c1-c1cccc(Cl)c1. The number of nitriles is 1. The summed E-state index contributed by atoms with van der Waals surface area (Å²) < 4.78 is 4.95. The number of carbonyl (C=O) groups is 1. The third-order valence-electron chi connectivity index (χ3n) is 3.45. The number of benzene rings is 2. The number of aromatic hydroxyl groups is 1. The summed E-state index contributed by atoms with van der Waals surface area (Å²) in [5, 5.41) is 34.1. The summed E-state index contributed by atoms with van der Waals surface area (Å²) >= 11 is 5.96. The molecule has 0 fully saturated rings. The first-order chi connectivity index (χ1) is 12.3. The number of ether oxygens (including phenoxy) is 1. The van der Waals surface area contributed by atoms with Gasteiger partial charge in [0.15, 0.2) is 5.75 Å². The molecule has 1 amide bonds. The smallest absolute Gasteiger partial charge is 0.324 e. The number of phenolic OH excluding ortho intramolecular Hbond substituents is 1. The van der Waals surface area contributed by atoms with E-state index in [9.17, 15) is 25.3 Å². The van der Waals surface area contributed by atoms with Crippen LogP contribution in [0.15, 0.2) is 36.9 Å². The zero-order chi connectivity index (χ0) is 19.4. The molecule has 2 rings (SSSR count). The van der Waals surface area contributed by atoms with Crippen molar-refractivity contribution in [3.05, 3.63) is 57.6 Å². The number of phenols is 1. The first-order valence-corrected chi connectivity index (χ1v) is 7.44. The third kappa shape index (κ3) is 3.29. The number of nitro benzene ring substituents is 1. The molecular formula is C17H12ClN3O5. The van der Waals surface area contributed by atoms with Crippen molar-refractivity contribution in [2.45, 2.75) is 0 Å².